The van der Waals surface area contributed by atoms with Gasteiger partial charge in [-0.1, -0.05) is 6.07 Å². The highest BCUT2D eigenvalue weighted by atomic mass is 19.1. The Kier molecular flexibility index (Phi) is 2.68. The minimum Gasteiger partial charge on any atom is -0.295 e. The van der Waals surface area contributed by atoms with E-state index in [0.29, 0.717) is 11.1 Å². The Balaban J connectivity index is 2.77. The summed E-state index contributed by atoms with van der Waals surface area (Å²) in [6, 6.07) is 4.93. The van der Waals surface area contributed by atoms with Crippen LogP contribution in [0.1, 0.15) is 16.1 Å². The van der Waals surface area contributed by atoms with Gasteiger partial charge in [-0.3, -0.25) is 4.79 Å². The summed E-state index contributed by atoms with van der Waals surface area (Å²) >= 11 is 0. The number of halogens is 1. The summed E-state index contributed by atoms with van der Waals surface area (Å²) in [4.78, 5) is 19.3. The standard InChI is InChI=1S/C11H8BFN2O/c1-6-11(13)15-10-7(9(16)5-12)3-2-4-8(10)14-6/h2-4H,5H2,1H3. The summed E-state index contributed by atoms with van der Waals surface area (Å²) in [7, 11) is 5.27. The molecular formula is C11H8BFN2O. The van der Waals surface area contributed by atoms with E-state index in [2.05, 4.69) is 9.97 Å². The Hall–Kier alpha value is -1.78. The summed E-state index contributed by atoms with van der Waals surface area (Å²) in [5.41, 5.74) is 1.29. The number of carbonyl (C=O) groups excluding carboxylic acids is 1. The van der Waals surface area contributed by atoms with Gasteiger partial charge >= 0.3 is 0 Å². The fourth-order valence-corrected chi connectivity index (χ4v) is 1.48. The molecule has 2 radical (unpaired) electrons. The monoisotopic (exact) mass is 214 g/mol. The zero-order valence-electron chi connectivity index (χ0n) is 8.70. The minimum atomic E-state index is -0.662. The second-order valence-electron chi connectivity index (χ2n) is 3.40. The number of fused-ring (bicyclic) bond motifs is 1. The van der Waals surface area contributed by atoms with Gasteiger partial charge in [0.1, 0.15) is 5.52 Å². The van der Waals surface area contributed by atoms with Gasteiger partial charge in [-0.25, -0.2) is 9.97 Å². The largest absolute Gasteiger partial charge is 0.295 e. The van der Waals surface area contributed by atoms with Gasteiger partial charge in [0.05, 0.1) is 19.1 Å². The number of aryl methyl sites for hydroxylation is 1. The van der Waals surface area contributed by atoms with Gasteiger partial charge in [-0.15, -0.1) is 0 Å². The molecule has 2 aromatic rings. The molecule has 1 heterocycles. The van der Waals surface area contributed by atoms with Gasteiger partial charge in [0, 0.05) is 5.56 Å². The number of nitrogens with zero attached hydrogens (tertiary/aromatic N) is 2. The van der Waals surface area contributed by atoms with Gasteiger partial charge in [0.15, 0.2) is 5.78 Å². The Labute approximate surface area is 93.1 Å². The number of carbonyl (C=O) groups is 1. The molecular weight excluding hydrogens is 206 g/mol. The lowest BCUT2D eigenvalue weighted by atomic mass is 9.95. The first kappa shape index (κ1) is 10.7. The second-order valence-corrected chi connectivity index (χ2v) is 3.40. The van der Waals surface area contributed by atoms with E-state index in [-0.39, 0.29) is 23.3 Å². The molecule has 1 aromatic carbocycles. The molecule has 3 nitrogen and oxygen atoms in total. The van der Waals surface area contributed by atoms with Crippen LogP contribution in [0.25, 0.3) is 11.0 Å². The minimum absolute atomic E-state index is 0.129. The van der Waals surface area contributed by atoms with Crippen molar-refractivity contribution in [1.29, 1.82) is 0 Å². The van der Waals surface area contributed by atoms with Crippen LogP contribution in [0.15, 0.2) is 18.2 Å². The predicted molar refractivity (Wildman–Crippen MR) is 59.1 cm³/mol. The summed E-state index contributed by atoms with van der Waals surface area (Å²) in [5, 5.41) is 0. The van der Waals surface area contributed by atoms with Crippen molar-refractivity contribution in [2.45, 2.75) is 13.2 Å². The summed E-state index contributed by atoms with van der Waals surface area (Å²) < 4.78 is 13.3. The highest BCUT2D eigenvalue weighted by Crippen LogP contribution is 2.17. The molecule has 0 aliphatic carbocycles. The van der Waals surface area contributed by atoms with Crippen molar-refractivity contribution < 1.29 is 9.18 Å². The highest BCUT2D eigenvalue weighted by molar-refractivity contribution is 6.25. The van der Waals surface area contributed by atoms with Crippen LogP contribution < -0.4 is 0 Å². The highest BCUT2D eigenvalue weighted by Gasteiger charge is 2.12. The molecule has 0 bridgehead atoms. The van der Waals surface area contributed by atoms with Crippen molar-refractivity contribution >= 4 is 24.7 Å². The van der Waals surface area contributed by atoms with E-state index < -0.39 is 5.95 Å². The van der Waals surface area contributed by atoms with Crippen LogP contribution in [0, 0.1) is 12.9 Å². The molecule has 0 spiro atoms. The predicted octanol–water partition coefficient (Wildman–Crippen LogP) is 1.85. The summed E-state index contributed by atoms with van der Waals surface area (Å²) in [6.45, 7) is 1.53. The third-order valence-corrected chi connectivity index (χ3v) is 2.30. The third kappa shape index (κ3) is 1.69. The van der Waals surface area contributed by atoms with Crippen LogP contribution in [0.3, 0.4) is 0 Å². The van der Waals surface area contributed by atoms with Crippen molar-refractivity contribution in [1.82, 2.24) is 9.97 Å². The SMILES string of the molecule is [B]CC(=O)c1cccc2nc(C)c(F)nc12. The quantitative estimate of drug-likeness (QED) is 0.565. The van der Waals surface area contributed by atoms with Gasteiger partial charge in [-0.05, 0) is 25.4 Å². The molecule has 0 fully saturated rings. The molecule has 0 saturated heterocycles. The maximum Gasteiger partial charge on any atom is 0.234 e. The summed E-state index contributed by atoms with van der Waals surface area (Å²) in [6.07, 6.45) is -0.129. The Morgan fingerprint density at radius 3 is 2.88 bits per heavy atom. The van der Waals surface area contributed by atoms with Crippen molar-refractivity contribution in [3.05, 3.63) is 35.4 Å². The number of hydrogen-bond donors (Lipinski definition) is 0. The molecule has 0 aliphatic heterocycles. The fraction of sp³-hybridized carbons (Fsp3) is 0.182. The van der Waals surface area contributed by atoms with E-state index >= 15 is 0 Å². The van der Waals surface area contributed by atoms with Gasteiger partial charge in [-0.2, -0.15) is 4.39 Å². The molecule has 0 atom stereocenters. The van der Waals surface area contributed by atoms with Crippen LogP contribution >= 0.6 is 0 Å². The van der Waals surface area contributed by atoms with Crippen LogP contribution in [0.2, 0.25) is 6.32 Å². The Bertz CT molecular complexity index is 571. The molecule has 0 unspecified atom stereocenters. The molecule has 78 valence electrons. The maximum absolute atomic E-state index is 13.3. The molecule has 5 heteroatoms. The number of para-hydroxylation sites is 1. The smallest absolute Gasteiger partial charge is 0.234 e. The van der Waals surface area contributed by atoms with Crippen LogP contribution in [-0.2, 0) is 0 Å². The van der Waals surface area contributed by atoms with Crippen LogP contribution in [0.5, 0.6) is 0 Å². The second kappa shape index (κ2) is 4.00. The number of benzene rings is 1. The number of rotatable bonds is 2. The average molecular weight is 214 g/mol. The zero-order chi connectivity index (χ0) is 11.7. The third-order valence-electron chi connectivity index (χ3n) is 2.30. The van der Waals surface area contributed by atoms with Crippen molar-refractivity contribution in [2.75, 3.05) is 0 Å². The lowest BCUT2D eigenvalue weighted by Gasteiger charge is -2.04. The van der Waals surface area contributed by atoms with Gasteiger partial charge in [0.25, 0.3) is 0 Å². The van der Waals surface area contributed by atoms with E-state index in [1.807, 2.05) is 0 Å². The molecule has 0 saturated carbocycles. The number of Topliss-reactive ketones (excluding diaryl/α,β-unsaturated/α-hetero) is 1. The number of hydrogen-bond acceptors (Lipinski definition) is 3. The maximum atomic E-state index is 13.3. The topological polar surface area (TPSA) is 42.9 Å². The van der Waals surface area contributed by atoms with E-state index in [1.54, 1.807) is 18.2 Å². The molecule has 0 amide bonds. The Morgan fingerprint density at radius 1 is 1.44 bits per heavy atom. The van der Waals surface area contributed by atoms with E-state index in [0.717, 1.165) is 0 Å². The lowest BCUT2D eigenvalue weighted by Crippen LogP contribution is -2.03. The molecule has 0 aliphatic rings. The zero-order valence-corrected chi connectivity index (χ0v) is 8.70. The molecule has 2 rings (SSSR count). The molecule has 16 heavy (non-hydrogen) atoms. The molecule has 0 N–H and O–H groups in total. The fourth-order valence-electron chi connectivity index (χ4n) is 1.48. The van der Waals surface area contributed by atoms with Crippen molar-refractivity contribution in [3.8, 4) is 0 Å². The number of ketones is 1. The first-order valence-electron chi connectivity index (χ1n) is 4.79. The van der Waals surface area contributed by atoms with Crippen molar-refractivity contribution in [3.63, 3.8) is 0 Å². The van der Waals surface area contributed by atoms with Crippen LogP contribution in [-0.4, -0.2) is 23.6 Å². The van der Waals surface area contributed by atoms with Gasteiger partial charge < -0.3 is 0 Å². The molecule has 1 aromatic heterocycles. The normalized spacial score (nSPS) is 10.6. The van der Waals surface area contributed by atoms with Gasteiger partial charge in [0.2, 0.25) is 5.95 Å². The first-order valence-corrected chi connectivity index (χ1v) is 4.79. The van der Waals surface area contributed by atoms with E-state index in [4.69, 9.17) is 7.85 Å². The van der Waals surface area contributed by atoms with Crippen LogP contribution in [0.4, 0.5) is 4.39 Å². The average Bonchev–Trinajstić information content (AvgIpc) is 2.29. The van der Waals surface area contributed by atoms with E-state index in [9.17, 15) is 9.18 Å². The summed E-state index contributed by atoms with van der Waals surface area (Å²) in [5.74, 6) is -0.937. The lowest BCUT2D eigenvalue weighted by molar-refractivity contribution is 0.101. The van der Waals surface area contributed by atoms with E-state index in [1.165, 1.54) is 6.92 Å². The number of aromatic nitrogens is 2. The Morgan fingerprint density at radius 2 is 2.19 bits per heavy atom. The van der Waals surface area contributed by atoms with Crippen molar-refractivity contribution in [2.24, 2.45) is 0 Å². The first-order chi connectivity index (χ1) is 7.63.